The molecule has 0 radical (unpaired) electrons. The van der Waals surface area contributed by atoms with E-state index in [2.05, 4.69) is 16.0 Å². The van der Waals surface area contributed by atoms with Crippen molar-refractivity contribution < 1.29 is 14.3 Å². The van der Waals surface area contributed by atoms with Gasteiger partial charge in [0.2, 0.25) is 5.91 Å². The van der Waals surface area contributed by atoms with Crippen molar-refractivity contribution in [1.29, 1.82) is 0 Å². The van der Waals surface area contributed by atoms with E-state index < -0.39 is 11.9 Å². The van der Waals surface area contributed by atoms with Crippen LogP contribution in [-0.2, 0) is 4.79 Å². The number of amides is 3. The van der Waals surface area contributed by atoms with E-state index in [4.69, 9.17) is 16.3 Å². The Kier molecular flexibility index (Phi) is 5.40. The quantitative estimate of drug-likeness (QED) is 0.737. The number of carbonyl (C=O) groups excluding carboxylic acids is 2. The smallest absolute Gasteiger partial charge is 0.321 e. The fourth-order valence-corrected chi connectivity index (χ4v) is 2.31. The maximum Gasteiger partial charge on any atom is 0.321 e. The van der Waals surface area contributed by atoms with Gasteiger partial charge >= 0.3 is 6.03 Å². The maximum absolute atomic E-state index is 11.9. The van der Waals surface area contributed by atoms with Crippen LogP contribution in [0.15, 0.2) is 48.5 Å². The zero-order valence-corrected chi connectivity index (χ0v) is 14.2. The highest BCUT2D eigenvalue weighted by Crippen LogP contribution is 2.31. The minimum atomic E-state index is -0.471. The lowest BCUT2D eigenvalue weighted by Gasteiger charge is -2.13. The zero-order valence-electron chi connectivity index (χ0n) is 13.4. The molecule has 1 fully saturated rings. The standard InChI is InChI=1S/C18H18ClN3O3/c19-12-6-9-16(25-14-4-2-1-3-5-14)15(10-12)20-11-17(23)22-18(24)21-13-7-8-13/h1-6,9-10,13,20H,7-8,11H2,(H2,21,22,23,24). The number of imide groups is 1. The highest BCUT2D eigenvalue weighted by Gasteiger charge is 2.23. The Balaban J connectivity index is 1.59. The van der Waals surface area contributed by atoms with Crippen molar-refractivity contribution in [1.82, 2.24) is 10.6 Å². The molecule has 0 bridgehead atoms. The average molecular weight is 360 g/mol. The first-order valence-electron chi connectivity index (χ1n) is 7.97. The van der Waals surface area contributed by atoms with Gasteiger partial charge in [-0.25, -0.2) is 4.79 Å². The molecule has 25 heavy (non-hydrogen) atoms. The Bertz CT molecular complexity index is 763. The van der Waals surface area contributed by atoms with E-state index in [0.717, 1.165) is 12.8 Å². The lowest BCUT2D eigenvalue weighted by atomic mass is 10.2. The summed E-state index contributed by atoms with van der Waals surface area (Å²) in [6, 6.07) is 14.1. The molecule has 2 aromatic rings. The molecule has 3 N–H and O–H groups in total. The molecular weight excluding hydrogens is 342 g/mol. The Labute approximate surface area is 150 Å². The maximum atomic E-state index is 11.9. The van der Waals surface area contributed by atoms with Crippen molar-refractivity contribution in [2.45, 2.75) is 18.9 Å². The fourth-order valence-electron chi connectivity index (χ4n) is 2.14. The first-order valence-corrected chi connectivity index (χ1v) is 8.34. The van der Waals surface area contributed by atoms with Gasteiger partial charge in [-0.3, -0.25) is 10.1 Å². The number of carbonyl (C=O) groups is 2. The third-order valence-electron chi connectivity index (χ3n) is 3.52. The summed E-state index contributed by atoms with van der Waals surface area (Å²) in [5.41, 5.74) is 0.564. The summed E-state index contributed by atoms with van der Waals surface area (Å²) < 4.78 is 5.81. The summed E-state index contributed by atoms with van der Waals surface area (Å²) in [4.78, 5) is 23.4. The molecule has 1 aliphatic carbocycles. The van der Waals surface area contributed by atoms with Crippen molar-refractivity contribution in [3.05, 3.63) is 53.6 Å². The Morgan fingerprint density at radius 3 is 2.60 bits per heavy atom. The molecule has 1 saturated carbocycles. The van der Waals surface area contributed by atoms with E-state index in [0.29, 0.717) is 22.2 Å². The van der Waals surface area contributed by atoms with Gasteiger partial charge < -0.3 is 15.4 Å². The second-order valence-corrected chi connectivity index (χ2v) is 6.14. The van der Waals surface area contributed by atoms with Crippen LogP contribution in [0, 0.1) is 0 Å². The number of hydrogen-bond acceptors (Lipinski definition) is 4. The topological polar surface area (TPSA) is 79.5 Å². The Hall–Kier alpha value is -2.73. The van der Waals surface area contributed by atoms with Gasteiger partial charge in [0.15, 0.2) is 5.75 Å². The Morgan fingerprint density at radius 1 is 1.12 bits per heavy atom. The number of benzene rings is 2. The van der Waals surface area contributed by atoms with Gasteiger partial charge in [-0.2, -0.15) is 0 Å². The highest BCUT2D eigenvalue weighted by atomic mass is 35.5. The third-order valence-corrected chi connectivity index (χ3v) is 3.75. The number of hydrogen-bond donors (Lipinski definition) is 3. The van der Waals surface area contributed by atoms with Crippen molar-refractivity contribution in [2.24, 2.45) is 0 Å². The van der Waals surface area contributed by atoms with Crippen LogP contribution < -0.4 is 20.7 Å². The summed E-state index contributed by atoms with van der Waals surface area (Å²) in [6.07, 6.45) is 1.92. The molecule has 0 saturated heterocycles. The molecule has 0 spiro atoms. The largest absolute Gasteiger partial charge is 0.455 e. The van der Waals surface area contributed by atoms with Crippen LogP contribution >= 0.6 is 11.6 Å². The summed E-state index contributed by atoms with van der Waals surface area (Å²) in [5.74, 6) is 0.760. The number of para-hydroxylation sites is 1. The van der Waals surface area contributed by atoms with E-state index in [1.807, 2.05) is 30.3 Å². The number of rotatable bonds is 6. The van der Waals surface area contributed by atoms with Crippen molar-refractivity contribution >= 4 is 29.2 Å². The van der Waals surface area contributed by atoms with Gasteiger partial charge in [-0.1, -0.05) is 29.8 Å². The lowest BCUT2D eigenvalue weighted by molar-refractivity contribution is -0.118. The minimum Gasteiger partial charge on any atom is -0.455 e. The van der Waals surface area contributed by atoms with Gasteiger partial charge in [0.25, 0.3) is 0 Å². The molecule has 7 heteroatoms. The minimum absolute atomic E-state index is 0.0798. The van der Waals surface area contributed by atoms with E-state index in [1.165, 1.54) is 0 Å². The van der Waals surface area contributed by atoms with Crippen molar-refractivity contribution in [3.8, 4) is 11.5 Å². The van der Waals surface area contributed by atoms with E-state index in [-0.39, 0.29) is 12.6 Å². The number of nitrogens with one attached hydrogen (secondary N) is 3. The molecule has 3 rings (SSSR count). The number of ether oxygens (including phenoxy) is 1. The molecule has 0 aliphatic heterocycles. The molecule has 0 atom stereocenters. The molecule has 6 nitrogen and oxygen atoms in total. The van der Waals surface area contributed by atoms with Crippen LogP contribution in [0.2, 0.25) is 5.02 Å². The molecular formula is C18H18ClN3O3. The predicted octanol–water partition coefficient (Wildman–Crippen LogP) is 3.53. The highest BCUT2D eigenvalue weighted by molar-refractivity contribution is 6.31. The molecule has 0 unspecified atom stereocenters. The molecule has 0 heterocycles. The molecule has 3 amide bonds. The second kappa shape index (κ2) is 7.90. The van der Waals surface area contributed by atoms with Crippen LogP contribution in [0.1, 0.15) is 12.8 Å². The Morgan fingerprint density at radius 2 is 1.88 bits per heavy atom. The van der Waals surface area contributed by atoms with E-state index in [9.17, 15) is 9.59 Å². The van der Waals surface area contributed by atoms with Gasteiger partial charge in [-0.05, 0) is 43.2 Å². The van der Waals surface area contributed by atoms with Gasteiger partial charge in [0, 0.05) is 11.1 Å². The number of anilines is 1. The number of urea groups is 1. The molecule has 1 aliphatic rings. The summed E-state index contributed by atoms with van der Waals surface area (Å²) >= 11 is 6.02. The average Bonchev–Trinajstić information content (AvgIpc) is 3.40. The SMILES string of the molecule is O=C(CNc1cc(Cl)ccc1Oc1ccccc1)NC(=O)NC1CC1. The fraction of sp³-hybridized carbons (Fsp3) is 0.222. The lowest BCUT2D eigenvalue weighted by Crippen LogP contribution is -2.42. The predicted molar refractivity (Wildman–Crippen MR) is 96.2 cm³/mol. The van der Waals surface area contributed by atoms with Crippen LogP contribution in [-0.4, -0.2) is 24.5 Å². The summed E-state index contributed by atoms with van der Waals surface area (Å²) in [7, 11) is 0. The number of halogens is 1. The molecule has 130 valence electrons. The second-order valence-electron chi connectivity index (χ2n) is 5.71. The summed E-state index contributed by atoms with van der Waals surface area (Å²) in [5, 5.41) is 8.43. The normalized spacial score (nSPS) is 13.0. The van der Waals surface area contributed by atoms with Crippen LogP contribution in [0.3, 0.4) is 0 Å². The molecule has 2 aromatic carbocycles. The van der Waals surface area contributed by atoms with E-state index in [1.54, 1.807) is 18.2 Å². The molecule has 0 aromatic heterocycles. The van der Waals surface area contributed by atoms with Gasteiger partial charge in [0.1, 0.15) is 5.75 Å². The summed E-state index contributed by atoms with van der Waals surface area (Å²) in [6.45, 7) is -0.0798. The van der Waals surface area contributed by atoms with Crippen LogP contribution in [0.4, 0.5) is 10.5 Å². The van der Waals surface area contributed by atoms with E-state index >= 15 is 0 Å². The van der Waals surface area contributed by atoms with Crippen LogP contribution in [0.5, 0.6) is 11.5 Å². The monoisotopic (exact) mass is 359 g/mol. The third kappa shape index (κ3) is 5.39. The first kappa shape index (κ1) is 17.1. The van der Waals surface area contributed by atoms with Crippen molar-refractivity contribution in [2.75, 3.05) is 11.9 Å². The van der Waals surface area contributed by atoms with Gasteiger partial charge in [-0.15, -0.1) is 0 Å². The van der Waals surface area contributed by atoms with Crippen LogP contribution in [0.25, 0.3) is 0 Å². The first-order chi connectivity index (χ1) is 12.1. The van der Waals surface area contributed by atoms with Crippen molar-refractivity contribution in [3.63, 3.8) is 0 Å². The zero-order chi connectivity index (χ0) is 17.6. The van der Waals surface area contributed by atoms with Gasteiger partial charge in [0.05, 0.1) is 12.2 Å².